The molecular weight excluding hydrogens is 334 g/mol. The van der Waals surface area contributed by atoms with Crippen LogP contribution in [0.4, 0.5) is 0 Å². The maximum absolute atomic E-state index is 12.3. The van der Waals surface area contributed by atoms with Crippen LogP contribution in [0.1, 0.15) is 29.1 Å². The first-order valence-corrected chi connectivity index (χ1v) is 8.98. The summed E-state index contributed by atoms with van der Waals surface area (Å²) in [7, 11) is -3.57. The summed E-state index contributed by atoms with van der Waals surface area (Å²) in [6.07, 6.45) is 0.965. The van der Waals surface area contributed by atoms with E-state index in [1.165, 1.54) is 19.1 Å². The Labute approximate surface area is 139 Å². The summed E-state index contributed by atoms with van der Waals surface area (Å²) in [5.41, 5.74) is 0.621. The third-order valence-corrected chi connectivity index (χ3v) is 4.46. The number of nitrogens with one attached hydrogen (secondary N) is 1. The van der Waals surface area contributed by atoms with Gasteiger partial charge in [-0.25, -0.2) is 8.42 Å². The van der Waals surface area contributed by atoms with Crippen LogP contribution in [0, 0.1) is 5.92 Å². The van der Waals surface area contributed by atoms with Crippen molar-refractivity contribution in [3.05, 3.63) is 53.8 Å². The van der Waals surface area contributed by atoms with Crippen molar-refractivity contribution in [2.24, 2.45) is 5.92 Å². The van der Waals surface area contributed by atoms with Gasteiger partial charge in [0.15, 0.2) is 5.76 Å². The molecule has 24 heavy (non-hydrogen) atoms. The van der Waals surface area contributed by atoms with E-state index >= 15 is 0 Å². The minimum Gasteiger partial charge on any atom is -0.481 e. The molecule has 0 aliphatic rings. The largest absolute Gasteiger partial charge is 0.481 e. The summed E-state index contributed by atoms with van der Waals surface area (Å²) in [6, 6.07) is 10.3. The Kier molecular flexibility index (Phi) is 5.08. The molecular formula is C16H17NO6S. The fourth-order valence-electron chi connectivity index (χ4n) is 2.15. The van der Waals surface area contributed by atoms with Gasteiger partial charge < -0.3 is 14.8 Å². The van der Waals surface area contributed by atoms with Crippen LogP contribution >= 0.6 is 0 Å². The highest BCUT2D eigenvalue weighted by atomic mass is 32.2. The summed E-state index contributed by atoms with van der Waals surface area (Å²) in [6.45, 7) is 1.48. The molecule has 2 aromatic rings. The molecule has 1 aromatic heterocycles. The van der Waals surface area contributed by atoms with Gasteiger partial charge >= 0.3 is 5.97 Å². The molecule has 0 saturated carbocycles. The molecule has 8 heteroatoms. The van der Waals surface area contributed by atoms with Crippen LogP contribution in [0.15, 0.2) is 52.0 Å². The molecule has 2 unspecified atom stereocenters. The van der Waals surface area contributed by atoms with Crippen LogP contribution in [-0.4, -0.2) is 31.7 Å². The second-order valence-corrected chi connectivity index (χ2v) is 7.33. The molecule has 0 bridgehead atoms. The number of hydrogen-bond donors (Lipinski definition) is 2. The first kappa shape index (κ1) is 17.7. The van der Waals surface area contributed by atoms with Gasteiger partial charge in [-0.1, -0.05) is 30.3 Å². The van der Waals surface area contributed by atoms with E-state index in [4.69, 9.17) is 4.42 Å². The van der Waals surface area contributed by atoms with Crippen molar-refractivity contribution >= 4 is 21.7 Å². The van der Waals surface area contributed by atoms with Crippen molar-refractivity contribution in [2.45, 2.75) is 18.1 Å². The smallest absolute Gasteiger partial charge is 0.308 e. The number of aliphatic carboxylic acids is 1. The SMILES string of the molecule is CC(C(=O)O)C(NC(=O)c1ccc(S(C)(=O)=O)o1)c1ccccc1. The lowest BCUT2D eigenvalue weighted by atomic mass is 9.94. The Bertz CT molecular complexity index is 840. The second kappa shape index (κ2) is 6.88. The van der Waals surface area contributed by atoms with E-state index < -0.39 is 33.7 Å². The van der Waals surface area contributed by atoms with Gasteiger partial charge in [0.2, 0.25) is 14.9 Å². The Morgan fingerprint density at radius 1 is 1.12 bits per heavy atom. The van der Waals surface area contributed by atoms with Crippen LogP contribution in [0.3, 0.4) is 0 Å². The molecule has 1 heterocycles. The Balaban J connectivity index is 2.28. The average Bonchev–Trinajstić information content (AvgIpc) is 3.02. The molecule has 0 radical (unpaired) electrons. The lowest BCUT2D eigenvalue weighted by Gasteiger charge is -2.22. The van der Waals surface area contributed by atoms with Crippen molar-refractivity contribution in [1.82, 2.24) is 5.32 Å². The van der Waals surface area contributed by atoms with Crippen molar-refractivity contribution < 1.29 is 27.5 Å². The number of furan rings is 1. The number of rotatable bonds is 6. The first-order chi connectivity index (χ1) is 11.2. The number of carboxylic acid groups (broad SMARTS) is 1. The van der Waals surface area contributed by atoms with Crippen molar-refractivity contribution in [3.63, 3.8) is 0 Å². The number of hydrogen-bond acceptors (Lipinski definition) is 5. The Hall–Kier alpha value is -2.61. The molecule has 0 saturated heterocycles. The summed E-state index contributed by atoms with van der Waals surface area (Å²) in [4.78, 5) is 23.6. The summed E-state index contributed by atoms with van der Waals surface area (Å²) >= 11 is 0. The summed E-state index contributed by atoms with van der Waals surface area (Å²) < 4.78 is 27.9. The molecule has 0 aliphatic heterocycles. The van der Waals surface area contributed by atoms with Crippen LogP contribution < -0.4 is 5.32 Å². The van der Waals surface area contributed by atoms with E-state index in [2.05, 4.69) is 5.32 Å². The second-order valence-electron chi connectivity index (χ2n) is 5.38. The molecule has 2 atom stereocenters. The van der Waals surface area contributed by atoms with E-state index in [0.717, 1.165) is 6.26 Å². The van der Waals surface area contributed by atoms with E-state index in [-0.39, 0.29) is 10.9 Å². The van der Waals surface area contributed by atoms with Crippen molar-refractivity contribution in [2.75, 3.05) is 6.26 Å². The summed E-state index contributed by atoms with van der Waals surface area (Å²) in [5.74, 6) is -2.85. The van der Waals surface area contributed by atoms with Gasteiger partial charge in [0.25, 0.3) is 5.91 Å². The zero-order valence-electron chi connectivity index (χ0n) is 13.1. The molecule has 0 fully saturated rings. The van der Waals surface area contributed by atoms with Crippen LogP contribution in [-0.2, 0) is 14.6 Å². The maximum Gasteiger partial charge on any atom is 0.308 e. The van der Waals surface area contributed by atoms with Crippen LogP contribution in [0.5, 0.6) is 0 Å². The maximum atomic E-state index is 12.3. The van der Waals surface area contributed by atoms with Gasteiger partial charge in [0.05, 0.1) is 12.0 Å². The molecule has 0 spiro atoms. The van der Waals surface area contributed by atoms with E-state index in [1.807, 2.05) is 0 Å². The normalized spacial score (nSPS) is 13.9. The number of benzene rings is 1. The molecule has 2 rings (SSSR count). The van der Waals surface area contributed by atoms with Gasteiger partial charge in [-0.05, 0) is 24.6 Å². The average molecular weight is 351 g/mol. The highest BCUT2D eigenvalue weighted by Gasteiger charge is 2.28. The van der Waals surface area contributed by atoms with Gasteiger partial charge in [-0.3, -0.25) is 9.59 Å². The van der Waals surface area contributed by atoms with Gasteiger partial charge in [0.1, 0.15) is 0 Å². The fourth-order valence-corrected chi connectivity index (χ4v) is 2.71. The molecule has 2 N–H and O–H groups in total. The van der Waals surface area contributed by atoms with Gasteiger partial charge in [-0.2, -0.15) is 0 Å². The van der Waals surface area contributed by atoms with Gasteiger partial charge in [-0.15, -0.1) is 0 Å². The zero-order valence-corrected chi connectivity index (χ0v) is 13.9. The molecule has 1 amide bonds. The zero-order chi connectivity index (χ0) is 17.9. The van der Waals surface area contributed by atoms with E-state index in [9.17, 15) is 23.1 Å². The Morgan fingerprint density at radius 2 is 1.75 bits per heavy atom. The molecule has 7 nitrogen and oxygen atoms in total. The number of carboxylic acids is 1. The predicted octanol–water partition coefficient (Wildman–Crippen LogP) is 1.87. The molecule has 128 valence electrons. The third kappa shape index (κ3) is 4.02. The number of carbonyl (C=O) groups is 2. The highest BCUT2D eigenvalue weighted by molar-refractivity contribution is 7.90. The van der Waals surface area contributed by atoms with Gasteiger partial charge in [0, 0.05) is 6.26 Å². The minimum absolute atomic E-state index is 0.200. The molecule has 0 aliphatic carbocycles. The predicted molar refractivity (Wildman–Crippen MR) is 85.3 cm³/mol. The number of carbonyl (C=O) groups excluding carboxylic acids is 1. The quantitative estimate of drug-likeness (QED) is 0.821. The lowest BCUT2D eigenvalue weighted by Crippen LogP contribution is -2.35. The first-order valence-electron chi connectivity index (χ1n) is 7.08. The molecule has 1 aromatic carbocycles. The monoisotopic (exact) mass is 351 g/mol. The van der Waals surface area contributed by atoms with Crippen LogP contribution in [0.2, 0.25) is 0 Å². The van der Waals surface area contributed by atoms with E-state index in [1.54, 1.807) is 30.3 Å². The fraction of sp³-hybridized carbons (Fsp3) is 0.250. The Morgan fingerprint density at radius 3 is 2.25 bits per heavy atom. The van der Waals surface area contributed by atoms with E-state index in [0.29, 0.717) is 5.56 Å². The number of amides is 1. The lowest BCUT2D eigenvalue weighted by molar-refractivity contribution is -0.142. The summed E-state index contributed by atoms with van der Waals surface area (Å²) in [5, 5.41) is 11.5. The third-order valence-electron chi connectivity index (χ3n) is 3.51. The minimum atomic E-state index is -3.57. The van der Waals surface area contributed by atoms with Crippen LogP contribution in [0.25, 0.3) is 0 Å². The highest BCUT2D eigenvalue weighted by Crippen LogP contribution is 2.23. The van der Waals surface area contributed by atoms with Crippen molar-refractivity contribution in [3.8, 4) is 0 Å². The standard InChI is InChI=1S/C16H17NO6S/c1-10(16(19)20)14(11-6-4-3-5-7-11)17-15(18)12-8-9-13(23-12)24(2,21)22/h3-10,14H,1-2H3,(H,17,18)(H,19,20). The number of sulfone groups is 1. The van der Waals surface area contributed by atoms with Crippen molar-refractivity contribution in [1.29, 1.82) is 0 Å². The topological polar surface area (TPSA) is 114 Å².